The predicted molar refractivity (Wildman–Crippen MR) is 119 cm³/mol. The van der Waals surface area contributed by atoms with Crippen molar-refractivity contribution in [1.82, 2.24) is 10.2 Å². The van der Waals surface area contributed by atoms with Crippen LogP contribution in [-0.2, 0) is 11.2 Å². The SMILES string of the molecule is NC(CC(=O)N1CCCC1CNC(=O)c1cccc(Cl)c1)C1CCc2cc(F)c(F)cc21. The highest BCUT2D eigenvalue weighted by molar-refractivity contribution is 6.30. The van der Waals surface area contributed by atoms with Gasteiger partial charge in [0, 0.05) is 48.1 Å². The fourth-order valence-corrected chi connectivity index (χ4v) is 5.05. The zero-order valence-electron chi connectivity index (χ0n) is 17.6. The van der Waals surface area contributed by atoms with Crippen molar-refractivity contribution in [3.05, 3.63) is 69.7 Å². The van der Waals surface area contributed by atoms with E-state index in [2.05, 4.69) is 5.32 Å². The quantitative estimate of drug-likeness (QED) is 0.687. The molecule has 32 heavy (non-hydrogen) atoms. The van der Waals surface area contributed by atoms with Gasteiger partial charge in [-0.1, -0.05) is 17.7 Å². The molecule has 0 radical (unpaired) electrons. The molecular weight excluding hydrogens is 436 g/mol. The molecule has 170 valence electrons. The van der Waals surface area contributed by atoms with Gasteiger partial charge in [0.1, 0.15) is 0 Å². The lowest BCUT2D eigenvalue weighted by atomic mass is 9.91. The molecule has 0 spiro atoms. The molecule has 3 N–H and O–H groups in total. The summed E-state index contributed by atoms with van der Waals surface area (Å²) in [4.78, 5) is 27.2. The number of likely N-dealkylation sites (tertiary alicyclic amines) is 1. The topological polar surface area (TPSA) is 75.4 Å². The average molecular weight is 462 g/mol. The monoisotopic (exact) mass is 461 g/mol. The van der Waals surface area contributed by atoms with Crippen molar-refractivity contribution in [2.75, 3.05) is 13.1 Å². The van der Waals surface area contributed by atoms with Crippen molar-refractivity contribution < 1.29 is 18.4 Å². The first kappa shape index (κ1) is 22.7. The minimum Gasteiger partial charge on any atom is -0.350 e. The molecule has 5 nitrogen and oxygen atoms in total. The Morgan fingerprint density at radius 2 is 1.97 bits per heavy atom. The smallest absolute Gasteiger partial charge is 0.251 e. The lowest BCUT2D eigenvalue weighted by Gasteiger charge is -2.28. The molecule has 2 aromatic rings. The van der Waals surface area contributed by atoms with Gasteiger partial charge in [-0.25, -0.2) is 8.78 Å². The van der Waals surface area contributed by atoms with Crippen LogP contribution in [0.15, 0.2) is 36.4 Å². The lowest BCUT2D eigenvalue weighted by molar-refractivity contribution is -0.132. The third-order valence-corrected chi connectivity index (χ3v) is 6.75. The molecule has 4 rings (SSSR count). The summed E-state index contributed by atoms with van der Waals surface area (Å²) in [6, 6.07) is 8.58. The fourth-order valence-electron chi connectivity index (χ4n) is 4.86. The van der Waals surface area contributed by atoms with Crippen LogP contribution in [0.2, 0.25) is 5.02 Å². The van der Waals surface area contributed by atoms with Gasteiger partial charge in [-0.3, -0.25) is 9.59 Å². The number of hydrogen-bond donors (Lipinski definition) is 2. The number of nitrogens with two attached hydrogens (primary N) is 1. The number of halogens is 3. The zero-order chi connectivity index (χ0) is 22.8. The third kappa shape index (κ3) is 4.79. The number of amides is 2. The van der Waals surface area contributed by atoms with E-state index in [1.165, 1.54) is 12.1 Å². The molecule has 1 aliphatic heterocycles. The number of nitrogens with one attached hydrogen (secondary N) is 1. The Bertz CT molecular complexity index is 1030. The molecule has 1 heterocycles. The van der Waals surface area contributed by atoms with E-state index in [1.807, 2.05) is 0 Å². The van der Waals surface area contributed by atoms with Crippen LogP contribution >= 0.6 is 11.6 Å². The van der Waals surface area contributed by atoms with E-state index in [9.17, 15) is 18.4 Å². The average Bonchev–Trinajstić information content (AvgIpc) is 3.39. The molecule has 2 aromatic carbocycles. The minimum absolute atomic E-state index is 0.0759. The first-order valence-electron chi connectivity index (χ1n) is 10.9. The summed E-state index contributed by atoms with van der Waals surface area (Å²) < 4.78 is 27.2. The van der Waals surface area contributed by atoms with Gasteiger partial charge in [0.2, 0.25) is 5.91 Å². The van der Waals surface area contributed by atoms with Crippen LogP contribution in [0.25, 0.3) is 0 Å². The fraction of sp³-hybridized carbons (Fsp3) is 0.417. The van der Waals surface area contributed by atoms with Crippen molar-refractivity contribution in [3.63, 3.8) is 0 Å². The molecule has 3 atom stereocenters. The normalized spacial score (nSPS) is 20.8. The first-order chi connectivity index (χ1) is 15.3. The Morgan fingerprint density at radius 3 is 2.75 bits per heavy atom. The van der Waals surface area contributed by atoms with Gasteiger partial charge in [-0.15, -0.1) is 0 Å². The van der Waals surface area contributed by atoms with E-state index in [1.54, 1.807) is 29.2 Å². The number of rotatable bonds is 6. The summed E-state index contributed by atoms with van der Waals surface area (Å²) in [5, 5.41) is 3.37. The van der Waals surface area contributed by atoms with Crippen molar-refractivity contribution in [2.24, 2.45) is 5.73 Å². The maximum absolute atomic E-state index is 13.7. The lowest BCUT2D eigenvalue weighted by Crippen LogP contribution is -2.45. The van der Waals surface area contributed by atoms with Crippen LogP contribution in [0.5, 0.6) is 0 Å². The van der Waals surface area contributed by atoms with Crippen LogP contribution in [-0.4, -0.2) is 41.9 Å². The van der Waals surface area contributed by atoms with Crippen LogP contribution in [0.4, 0.5) is 8.78 Å². The Morgan fingerprint density at radius 1 is 1.19 bits per heavy atom. The van der Waals surface area contributed by atoms with Crippen LogP contribution in [0.1, 0.15) is 53.1 Å². The summed E-state index contributed by atoms with van der Waals surface area (Å²) >= 11 is 5.95. The maximum atomic E-state index is 13.7. The van der Waals surface area contributed by atoms with Crippen LogP contribution < -0.4 is 11.1 Å². The van der Waals surface area contributed by atoms with Gasteiger partial charge in [-0.05, 0) is 67.1 Å². The Balaban J connectivity index is 1.35. The Labute approximate surface area is 190 Å². The van der Waals surface area contributed by atoms with Gasteiger partial charge in [-0.2, -0.15) is 0 Å². The second-order valence-corrected chi connectivity index (χ2v) is 9.02. The number of aryl methyl sites for hydroxylation is 1. The van der Waals surface area contributed by atoms with E-state index in [0.717, 1.165) is 18.4 Å². The first-order valence-corrected chi connectivity index (χ1v) is 11.3. The van der Waals surface area contributed by atoms with Crippen molar-refractivity contribution >= 4 is 23.4 Å². The molecule has 0 saturated carbocycles. The highest BCUT2D eigenvalue weighted by Gasteiger charge is 2.34. The van der Waals surface area contributed by atoms with Gasteiger partial charge in [0.05, 0.1) is 0 Å². The van der Waals surface area contributed by atoms with Gasteiger partial charge < -0.3 is 16.0 Å². The van der Waals surface area contributed by atoms with Crippen LogP contribution in [0, 0.1) is 11.6 Å². The number of hydrogen-bond acceptors (Lipinski definition) is 3. The van der Waals surface area contributed by atoms with E-state index in [4.69, 9.17) is 17.3 Å². The second kappa shape index (κ2) is 9.55. The highest BCUT2D eigenvalue weighted by atomic mass is 35.5. The third-order valence-electron chi connectivity index (χ3n) is 6.52. The summed E-state index contributed by atoms with van der Waals surface area (Å²) in [6.45, 7) is 0.966. The van der Waals surface area contributed by atoms with Gasteiger partial charge in [0.15, 0.2) is 11.6 Å². The summed E-state index contributed by atoms with van der Waals surface area (Å²) in [6.07, 6.45) is 3.08. The molecule has 2 aliphatic rings. The molecule has 0 bridgehead atoms. The number of nitrogens with zero attached hydrogens (tertiary/aromatic N) is 1. The molecule has 8 heteroatoms. The van der Waals surface area contributed by atoms with Crippen molar-refractivity contribution in [1.29, 1.82) is 0 Å². The van der Waals surface area contributed by atoms with E-state index in [0.29, 0.717) is 42.1 Å². The van der Waals surface area contributed by atoms with Gasteiger partial charge >= 0.3 is 0 Å². The molecule has 1 saturated heterocycles. The van der Waals surface area contributed by atoms with Crippen molar-refractivity contribution in [2.45, 2.75) is 50.1 Å². The van der Waals surface area contributed by atoms with Crippen molar-refractivity contribution in [3.8, 4) is 0 Å². The second-order valence-electron chi connectivity index (χ2n) is 8.58. The summed E-state index contributed by atoms with van der Waals surface area (Å²) in [5.41, 5.74) is 8.30. The molecule has 2 amide bonds. The van der Waals surface area contributed by atoms with E-state index < -0.39 is 17.7 Å². The Kier molecular flexibility index (Phi) is 6.76. The summed E-state index contributed by atoms with van der Waals surface area (Å²) in [7, 11) is 0. The van der Waals surface area contributed by atoms with Crippen LogP contribution in [0.3, 0.4) is 0 Å². The largest absolute Gasteiger partial charge is 0.350 e. The van der Waals surface area contributed by atoms with E-state index in [-0.39, 0.29) is 30.2 Å². The number of fused-ring (bicyclic) bond motifs is 1. The minimum atomic E-state index is -0.885. The maximum Gasteiger partial charge on any atom is 0.251 e. The van der Waals surface area contributed by atoms with Gasteiger partial charge in [0.25, 0.3) is 5.91 Å². The number of benzene rings is 2. The molecule has 3 unspecified atom stereocenters. The summed E-state index contributed by atoms with van der Waals surface area (Å²) in [5.74, 6) is -2.22. The van der Waals surface area contributed by atoms with E-state index >= 15 is 0 Å². The predicted octanol–water partition coefficient (Wildman–Crippen LogP) is 3.79. The number of carbonyl (C=O) groups excluding carboxylic acids is 2. The highest BCUT2D eigenvalue weighted by Crippen LogP contribution is 2.37. The Hall–Kier alpha value is -2.51. The molecule has 1 fully saturated rings. The molecule has 0 aromatic heterocycles. The molecule has 1 aliphatic carbocycles. The number of carbonyl (C=O) groups is 2. The zero-order valence-corrected chi connectivity index (χ0v) is 18.4. The standard InChI is InChI=1S/C24H26ClF2N3O2/c25-16-4-1-3-15(9-16)24(32)29-13-17-5-2-8-30(17)23(31)12-22(28)18-7-6-14-10-20(26)21(27)11-19(14)18/h1,3-4,9-11,17-18,22H,2,5-8,12-13,28H2,(H,29,32). The molecular formula is C24H26ClF2N3O2.